The van der Waals surface area contributed by atoms with E-state index in [9.17, 15) is 27.6 Å². The minimum atomic E-state index is -4.68. The van der Waals surface area contributed by atoms with Gasteiger partial charge in [-0.15, -0.1) is 0 Å². The summed E-state index contributed by atoms with van der Waals surface area (Å²) in [5.41, 5.74) is 6.77. The van der Waals surface area contributed by atoms with Crippen molar-refractivity contribution in [2.45, 2.75) is 70.1 Å². The number of hydrogen-bond acceptors (Lipinski definition) is 5. The molecule has 2 aliphatic heterocycles. The van der Waals surface area contributed by atoms with Gasteiger partial charge in [0.15, 0.2) is 0 Å². The van der Waals surface area contributed by atoms with E-state index in [4.69, 9.17) is 5.73 Å². The van der Waals surface area contributed by atoms with Gasteiger partial charge in [0.1, 0.15) is 6.04 Å². The summed E-state index contributed by atoms with van der Waals surface area (Å²) in [5, 5.41) is 6.06. The number of nitrogens with two attached hydrogens (primary N) is 1. The molecule has 0 unspecified atom stereocenters. The maximum atomic E-state index is 13.7. The number of urea groups is 1. The number of piperidine rings is 2. The van der Waals surface area contributed by atoms with E-state index in [1.807, 2.05) is 25.3 Å². The Labute approximate surface area is 277 Å². The van der Waals surface area contributed by atoms with Crippen LogP contribution in [0.2, 0.25) is 0 Å². The number of nitrogen functional groups attached to an aromatic ring is 1. The Balaban J connectivity index is 1.42. The molecule has 46 heavy (non-hydrogen) atoms. The van der Waals surface area contributed by atoms with Gasteiger partial charge in [-0.3, -0.25) is 9.59 Å². The zero-order valence-corrected chi connectivity index (χ0v) is 28.0. The van der Waals surface area contributed by atoms with Crippen LogP contribution in [0.15, 0.2) is 52.2 Å². The molecule has 1 aliphatic carbocycles. The van der Waals surface area contributed by atoms with Gasteiger partial charge in [0.25, 0.3) is 0 Å². The number of amides is 4. The fourth-order valence-corrected chi connectivity index (χ4v) is 6.81. The molecule has 2 heterocycles. The molecular weight excluding hydrogens is 665 g/mol. The fourth-order valence-electron chi connectivity index (χ4n) is 6.30. The number of halogens is 4. The number of likely N-dealkylation sites (N-methyl/N-ethyl adjacent to an activating group) is 1. The molecule has 4 rings (SSSR count). The Morgan fingerprint density at radius 3 is 2.41 bits per heavy atom. The van der Waals surface area contributed by atoms with Crippen molar-refractivity contribution in [2.24, 2.45) is 5.92 Å². The summed E-state index contributed by atoms with van der Waals surface area (Å²) in [5.74, 6) is 0.150. The summed E-state index contributed by atoms with van der Waals surface area (Å²) in [4.78, 5) is 44.3. The third-order valence-corrected chi connectivity index (χ3v) is 9.83. The number of likely N-dealkylation sites (tertiary alicyclic amines) is 2. The molecule has 0 aromatic heterocycles. The van der Waals surface area contributed by atoms with E-state index in [0.29, 0.717) is 51.5 Å². The quantitative estimate of drug-likeness (QED) is 0.228. The van der Waals surface area contributed by atoms with Crippen LogP contribution >= 0.6 is 15.9 Å². The molecule has 9 nitrogen and oxygen atoms in total. The van der Waals surface area contributed by atoms with Crippen LogP contribution in [0.25, 0.3) is 0 Å². The highest BCUT2D eigenvalue weighted by Crippen LogP contribution is 2.38. The van der Waals surface area contributed by atoms with Gasteiger partial charge in [-0.05, 0) is 89.7 Å². The predicted molar refractivity (Wildman–Crippen MR) is 176 cm³/mol. The number of carbonyl (C=O) groups excluding carboxylic acids is 3. The average Bonchev–Trinajstić information content (AvgIpc) is 3.27. The lowest BCUT2D eigenvalue weighted by Gasteiger charge is -2.38. The number of nitrogens with one attached hydrogen (secondary N) is 2. The molecule has 1 atom stereocenters. The maximum absolute atomic E-state index is 13.7. The molecule has 0 bridgehead atoms. The van der Waals surface area contributed by atoms with Gasteiger partial charge in [0, 0.05) is 62.4 Å². The van der Waals surface area contributed by atoms with Crippen molar-refractivity contribution < 1.29 is 27.6 Å². The fraction of sp³-hybridized carbons (Fsp3) is 0.545. The molecular formula is C33H44BrF3N6O3. The molecule has 2 fully saturated rings. The maximum Gasteiger partial charge on any atom is 0.418 e. The van der Waals surface area contributed by atoms with Crippen molar-refractivity contribution in [2.75, 3.05) is 45.5 Å². The molecule has 3 aliphatic rings. The second kappa shape index (κ2) is 15.9. The number of rotatable bonds is 10. The van der Waals surface area contributed by atoms with Crippen molar-refractivity contribution in [1.29, 1.82) is 0 Å². The van der Waals surface area contributed by atoms with E-state index < -0.39 is 29.5 Å². The van der Waals surface area contributed by atoms with Gasteiger partial charge in [0.2, 0.25) is 12.3 Å². The highest BCUT2D eigenvalue weighted by molar-refractivity contribution is 9.10. The molecule has 13 heteroatoms. The van der Waals surface area contributed by atoms with E-state index >= 15 is 0 Å². The van der Waals surface area contributed by atoms with Gasteiger partial charge in [0.05, 0.1) is 11.3 Å². The first-order valence-corrected chi connectivity index (χ1v) is 16.6. The smallest absolute Gasteiger partial charge is 0.397 e. The second-order valence-corrected chi connectivity index (χ2v) is 13.2. The van der Waals surface area contributed by atoms with Gasteiger partial charge in [-0.2, -0.15) is 13.2 Å². The molecule has 252 valence electrons. The van der Waals surface area contributed by atoms with Crippen LogP contribution in [-0.2, 0) is 22.2 Å². The Morgan fingerprint density at radius 2 is 1.78 bits per heavy atom. The van der Waals surface area contributed by atoms with E-state index in [2.05, 4.69) is 39.6 Å². The Bertz CT molecular complexity index is 1350. The van der Waals surface area contributed by atoms with Crippen LogP contribution in [0.4, 0.5) is 23.7 Å². The van der Waals surface area contributed by atoms with E-state index in [-0.39, 0.29) is 28.4 Å². The van der Waals surface area contributed by atoms with Crippen LogP contribution in [0, 0.1) is 5.92 Å². The zero-order valence-electron chi connectivity index (χ0n) is 26.4. The first-order valence-electron chi connectivity index (χ1n) is 15.8. The van der Waals surface area contributed by atoms with E-state index in [0.717, 1.165) is 43.9 Å². The summed E-state index contributed by atoms with van der Waals surface area (Å²) < 4.78 is 41.2. The van der Waals surface area contributed by atoms with Crippen LogP contribution in [0.3, 0.4) is 0 Å². The summed E-state index contributed by atoms with van der Waals surface area (Å²) in [6.07, 6.45) is 8.48. The minimum Gasteiger partial charge on any atom is -0.397 e. The Kier molecular flexibility index (Phi) is 12.2. The monoisotopic (exact) mass is 708 g/mol. The van der Waals surface area contributed by atoms with Crippen molar-refractivity contribution in [3.63, 3.8) is 0 Å². The lowest BCUT2D eigenvalue weighted by molar-refractivity contribution is -0.137. The molecule has 0 saturated carbocycles. The highest BCUT2D eigenvalue weighted by Gasteiger charge is 2.36. The topological polar surface area (TPSA) is 111 Å². The number of allylic oxidation sites excluding steroid dienone is 4. The number of nitrogens with zero attached hydrogens (tertiary/aromatic N) is 3. The molecule has 1 aromatic rings. The van der Waals surface area contributed by atoms with Gasteiger partial charge < -0.3 is 31.1 Å². The van der Waals surface area contributed by atoms with Crippen LogP contribution in [-0.4, -0.2) is 84.9 Å². The summed E-state index contributed by atoms with van der Waals surface area (Å²) in [7, 11) is 1.88. The molecule has 0 radical (unpaired) electrons. The third-order valence-electron chi connectivity index (χ3n) is 9.18. The summed E-state index contributed by atoms with van der Waals surface area (Å²) in [6, 6.07) is 0.871. The highest BCUT2D eigenvalue weighted by atomic mass is 79.9. The first kappa shape index (κ1) is 35.4. The van der Waals surface area contributed by atoms with Crippen LogP contribution in [0.5, 0.6) is 0 Å². The van der Waals surface area contributed by atoms with Crippen molar-refractivity contribution in [1.82, 2.24) is 25.3 Å². The van der Waals surface area contributed by atoms with Crippen molar-refractivity contribution >= 4 is 40.0 Å². The van der Waals surface area contributed by atoms with E-state index in [1.54, 1.807) is 14.7 Å². The van der Waals surface area contributed by atoms with E-state index in [1.165, 1.54) is 11.6 Å². The average molecular weight is 710 g/mol. The minimum absolute atomic E-state index is 0.0299. The number of anilines is 1. The number of alkyl halides is 3. The zero-order chi connectivity index (χ0) is 33.4. The molecule has 1 aromatic carbocycles. The second-order valence-electron chi connectivity index (χ2n) is 12.3. The van der Waals surface area contributed by atoms with Crippen LogP contribution < -0.4 is 16.4 Å². The standard InChI is InChI=1S/C33H44BrF3N6O3/c1-22-8-13-41(14-9-22)31(45)29(20-23-18-26(33(35,36)37)30(38)27(34)19-23)40-32(46)42-16-11-25(12-17-42)43(21-44)15-10-24-6-4-3-5-7-28(24)39-2/h3-5,7,18-19,21-22,25,29,39H,6,8-17,20,38H2,1-2H3,(H,40,46)/t29-/m1/s1. The number of hydrogen-bond donors (Lipinski definition) is 3. The first-order chi connectivity index (χ1) is 21.9. The Hall–Kier alpha value is -3.48. The summed E-state index contributed by atoms with van der Waals surface area (Å²) in [6.45, 7) is 4.49. The molecule has 2 saturated heterocycles. The SMILES string of the molecule is CNC1=C(CCN(C=O)C2CCN(C(=O)N[C@H](Cc3cc(Br)c(N)c(C(F)(F)F)c3)C(=O)N3CCC(C)CC3)CC2)CC=CC=C1. The molecule has 4 amide bonds. The largest absolute Gasteiger partial charge is 0.418 e. The van der Waals surface area contributed by atoms with Gasteiger partial charge in [-0.1, -0.05) is 25.2 Å². The molecule has 0 spiro atoms. The Morgan fingerprint density at radius 1 is 1.11 bits per heavy atom. The summed E-state index contributed by atoms with van der Waals surface area (Å²) >= 11 is 3.12. The lowest BCUT2D eigenvalue weighted by atomic mass is 9.97. The molecule has 4 N–H and O–H groups in total. The lowest BCUT2D eigenvalue weighted by Crippen LogP contribution is -2.56. The van der Waals surface area contributed by atoms with Gasteiger partial charge >= 0.3 is 12.2 Å². The van der Waals surface area contributed by atoms with Crippen LogP contribution in [0.1, 0.15) is 56.6 Å². The van der Waals surface area contributed by atoms with Crippen molar-refractivity contribution in [3.8, 4) is 0 Å². The number of carbonyl (C=O) groups is 3. The normalized spacial score (nSPS) is 18.7. The van der Waals surface area contributed by atoms with Gasteiger partial charge in [-0.25, -0.2) is 4.79 Å². The van der Waals surface area contributed by atoms with Crippen molar-refractivity contribution in [3.05, 3.63) is 63.3 Å². The third kappa shape index (κ3) is 9.07. The predicted octanol–water partition coefficient (Wildman–Crippen LogP) is 5.23. The number of benzene rings is 1.